The number of pyridine rings is 2. The zero-order chi connectivity index (χ0) is 20.4. The first-order chi connectivity index (χ1) is 14.0. The summed E-state index contributed by atoms with van der Waals surface area (Å²) in [7, 11) is 0. The first kappa shape index (κ1) is 18.7. The lowest BCUT2D eigenvalue weighted by Gasteiger charge is -2.29. The summed E-state index contributed by atoms with van der Waals surface area (Å²) in [4.78, 5) is 37.0. The molecule has 3 heterocycles. The summed E-state index contributed by atoms with van der Waals surface area (Å²) in [5.74, 6) is -0.153. The SMILES string of the molecule is [C-]#[N+]c1cc(C(=O)Nc2ccc3[nH]c(=O)cc(C)c3c2)c(N2CCOCC2)cn1. The highest BCUT2D eigenvalue weighted by Gasteiger charge is 2.21. The first-order valence-electron chi connectivity index (χ1n) is 9.20. The molecule has 8 heteroatoms. The van der Waals surface area contributed by atoms with E-state index >= 15 is 0 Å². The Kier molecular flexibility index (Phi) is 4.97. The molecule has 29 heavy (non-hydrogen) atoms. The number of carbonyl (C=O) groups is 1. The van der Waals surface area contributed by atoms with Gasteiger partial charge in [0.15, 0.2) is 0 Å². The minimum Gasteiger partial charge on any atom is -0.378 e. The molecule has 4 rings (SSSR count). The third kappa shape index (κ3) is 3.81. The summed E-state index contributed by atoms with van der Waals surface area (Å²) in [6, 6.07) is 8.36. The zero-order valence-electron chi connectivity index (χ0n) is 15.9. The number of hydrogen-bond donors (Lipinski definition) is 2. The third-order valence-electron chi connectivity index (χ3n) is 4.89. The van der Waals surface area contributed by atoms with Gasteiger partial charge in [0.2, 0.25) is 5.56 Å². The maximum Gasteiger partial charge on any atom is 0.270 e. The second kappa shape index (κ2) is 7.73. The minimum absolute atomic E-state index is 0.162. The van der Waals surface area contributed by atoms with Crippen LogP contribution in [0.5, 0.6) is 0 Å². The Morgan fingerprint density at radius 1 is 1.28 bits per heavy atom. The Morgan fingerprint density at radius 2 is 2.07 bits per heavy atom. The van der Waals surface area contributed by atoms with Crippen LogP contribution in [0.3, 0.4) is 0 Å². The number of hydrogen-bond acceptors (Lipinski definition) is 5. The Morgan fingerprint density at radius 3 is 2.83 bits per heavy atom. The van der Waals surface area contributed by atoms with Gasteiger partial charge in [0, 0.05) is 35.7 Å². The van der Waals surface area contributed by atoms with Gasteiger partial charge in [-0.2, -0.15) is 0 Å². The maximum absolute atomic E-state index is 13.1. The molecule has 0 bridgehead atoms. The highest BCUT2D eigenvalue weighted by Crippen LogP contribution is 2.26. The van der Waals surface area contributed by atoms with Gasteiger partial charge in [-0.3, -0.25) is 9.59 Å². The van der Waals surface area contributed by atoms with Crippen molar-refractivity contribution < 1.29 is 9.53 Å². The summed E-state index contributed by atoms with van der Waals surface area (Å²) in [5, 5.41) is 3.76. The summed E-state index contributed by atoms with van der Waals surface area (Å²) in [6.07, 6.45) is 1.57. The number of carbonyl (C=O) groups excluding carboxylic acids is 1. The maximum atomic E-state index is 13.1. The molecule has 1 aliphatic rings. The average Bonchev–Trinajstić information content (AvgIpc) is 2.74. The zero-order valence-corrected chi connectivity index (χ0v) is 15.9. The van der Waals surface area contributed by atoms with Gasteiger partial charge in [0.05, 0.1) is 24.5 Å². The van der Waals surface area contributed by atoms with E-state index in [2.05, 4.69) is 20.1 Å². The van der Waals surface area contributed by atoms with Crippen LogP contribution in [0, 0.1) is 13.5 Å². The van der Waals surface area contributed by atoms with E-state index in [1.807, 2.05) is 17.9 Å². The molecule has 0 unspecified atom stereocenters. The van der Waals surface area contributed by atoms with Crippen molar-refractivity contribution in [2.45, 2.75) is 6.92 Å². The second-order valence-corrected chi connectivity index (χ2v) is 6.80. The van der Waals surface area contributed by atoms with E-state index in [9.17, 15) is 9.59 Å². The highest BCUT2D eigenvalue weighted by atomic mass is 16.5. The number of aryl methyl sites for hydroxylation is 1. The van der Waals surface area contributed by atoms with Crippen molar-refractivity contribution in [3.8, 4) is 0 Å². The molecule has 0 saturated carbocycles. The molecule has 1 aromatic carbocycles. The van der Waals surface area contributed by atoms with E-state index in [1.165, 1.54) is 12.1 Å². The van der Waals surface area contributed by atoms with Crippen LogP contribution in [-0.4, -0.2) is 42.2 Å². The lowest BCUT2D eigenvalue weighted by atomic mass is 10.1. The average molecular weight is 389 g/mol. The lowest BCUT2D eigenvalue weighted by molar-refractivity contribution is 0.102. The van der Waals surface area contributed by atoms with E-state index < -0.39 is 0 Å². The number of nitrogens with one attached hydrogen (secondary N) is 2. The standard InChI is InChI=1S/C21H19N5O3/c1-13-9-20(27)25-17-4-3-14(10-15(13)17)24-21(28)16-11-19(22-2)23-12-18(16)26-5-7-29-8-6-26/h3-4,9-12H,5-8H2,1H3,(H,24,28)(H,25,27). The van der Waals surface area contributed by atoms with E-state index in [0.717, 1.165) is 10.9 Å². The summed E-state index contributed by atoms with van der Waals surface area (Å²) >= 11 is 0. The van der Waals surface area contributed by atoms with Gasteiger partial charge in [-0.25, -0.2) is 0 Å². The molecule has 2 N–H and O–H groups in total. The number of rotatable bonds is 3. The number of nitrogens with zero attached hydrogens (tertiary/aromatic N) is 3. The number of amides is 1. The fourth-order valence-electron chi connectivity index (χ4n) is 3.44. The molecule has 8 nitrogen and oxygen atoms in total. The van der Waals surface area contributed by atoms with Gasteiger partial charge in [-0.15, -0.1) is 4.98 Å². The van der Waals surface area contributed by atoms with Crippen molar-refractivity contribution in [1.82, 2.24) is 9.97 Å². The molecule has 2 aromatic heterocycles. The van der Waals surface area contributed by atoms with E-state index in [-0.39, 0.29) is 17.3 Å². The Balaban J connectivity index is 1.68. The molecule has 1 fully saturated rings. The number of morpholine rings is 1. The van der Waals surface area contributed by atoms with Crippen LogP contribution >= 0.6 is 0 Å². The number of aromatic amines is 1. The number of ether oxygens (including phenoxy) is 1. The molecule has 0 radical (unpaired) electrons. The predicted octanol–water partition coefficient (Wildman–Crippen LogP) is 2.87. The van der Waals surface area contributed by atoms with E-state index in [1.54, 1.807) is 18.3 Å². The first-order valence-corrected chi connectivity index (χ1v) is 9.20. The Labute approximate surface area is 167 Å². The van der Waals surface area contributed by atoms with Crippen LogP contribution in [0.2, 0.25) is 0 Å². The van der Waals surface area contributed by atoms with Gasteiger partial charge in [0.25, 0.3) is 11.7 Å². The quantitative estimate of drug-likeness (QED) is 0.672. The van der Waals surface area contributed by atoms with Crippen LogP contribution in [0.15, 0.2) is 41.3 Å². The van der Waals surface area contributed by atoms with Gasteiger partial charge in [-0.05, 0) is 36.8 Å². The smallest absolute Gasteiger partial charge is 0.270 e. The van der Waals surface area contributed by atoms with Crippen molar-refractivity contribution in [3.05, 3.63) is 69.4 Å². The number of H-pyrrole nitrogens is 1. The van der Waals surface area contributed by atoms with E-state index in [0.29, 0.717) is 48.8 Å². The van der Waals surface area contributed by atoms with Crippen LogP contribution in [0.25, 0.3) is 15.7 Å². The molecule has 0 atom stereocenters. The number of aromatic nitrogens is 2. The second-order valence-electron chi connectivity index (χ2n) is 6.80. The molecule has 0 spiro atoms. The molecule has 1 amide bonds. The summed E-state index contributed by atoms with van der Waals surface area (Å²) < 4.78 is 5.39. The van der Waals surface area contributed by atoms with Crippen molar-refractivity contribution in [1.29, 1.82) is 0 Å². The Bertz CT molecular complexity index is 1190. The van der Waals surface area contributed by atoms with Crippen LogP contribution in [0.1, 0.15) is 15.9 Å². The van der Waals surface area contributed by atoms with Crippen molar-refractivity contribution in [3.63, 3.8) is 0 Å². The summed E-state index contributed by atoms with van der Waals surface area (Å²) in [5.41, 5.74) is 3.05. The molecule has 146 valence electrons. The topological polar surface area (TPSA) is 91.7 Å². The fourth-order valence-corrected chi connectivity index (χ4v) is 3.44. The van der Waals surface area contributed by atoms with Gasteiger partial charge in [-0.1, -0.05) is 6.57 Å². The van der Waals surface area contributed by atoms with Crippen LogP contribution in [0.4, 0.5) is 17.2 Å². The monoisotopic (exact) mass is 389 g/mol. The van der Waals surface area contributed by atoms with Crippen molar-refractivity contribution in [2.24, 2.45) is 0 Å². The number of anilines is 2. The normalized spacial score (nSPS) is 13.9. The minimum atomic E-state index is -0.319. The molecule has 3 aromatic rings. The summed E-state index contributed by atoms with van der Waals surface area (Å²) in [6.45, 7) is 11.5. The molecule has 1 saturated heterocycles. The number of fused-ring (bicyclic) bond motifs is 1. The fraction of sp³-hybridized carbons (Fsp3) is 0.238. The van der Waals surface area contributed by atoms with E-state index in [4.69, 9.17) is 11.3 Å². The van der Waals surface area contributed by atoms with Crippen molar-refractivity contribution in [2.75, 3.05) is 36.5 Å². The predicted molar refractivity (Wildman–Crippen MR) is 111 cm³/mol. The van der Waals surface area contributed by atoms with Crippen molar-refractivity contribution >= 4 is 34.0 Å². The van der Waals surface area contributed by atoms with Gasteiger partial charge < -0.3 is 24.8 Å². The molecular weight excluding hydrogens is 370 g/mol. The van der Waals surface area contributed by atoms with Gasteiger partial charge in [0.1, 0.15) is 6.20 Å². The highest BCUT2D eigenvalue weighted by molar-refractivity contribution is 6.09. The third-order valence-corrected chi connectivity index (χ3v) is 4.89. The lowest BCUT2D eigenvalue weighted by Crippen LogP contribution is -2.37. The molecule has 0 aliphatic carbocycles. The largest absolute Gasteiger partial charge is 0.378 e. The number of benzene rings is 1. The van der Waals surface area contributed by atoms with Gasteiger partial charge >= 0.3 is 0 Å². The Hall–Kier alpha value is -3.70. The molecule has 1 aliphatic heterocycles. The molecular formula is C21H19N5O3. The van der Waals surface area contributed by atoms with Crippen LogP contribution in [-0.2, 0) is 4.74 Å². The van der Waals surface area contributed by atoms with Crippen LogP contribution < -0.4 is 15.8 Å².